The normalized spacial score (nSPS) is 10.2. The van der Waals surface area contributed by atoms with Crippen LogP contribution in [-0.4, -0.2) is 40.7 Å². The van der Waals surface area contributed by atoms with E-state index in [1.54, 1.807) is 30.2 Å². The molecule has 0 aliphatic rings. The van der Waals surface area contributed by atoms with Crippen LogP contribution < -0.4 is 5.32 Å². The topological polar surface area (TPSA) is 62.2 Å². The summed E-state index contributed by atoms with van der Waals surface area (Å²) in [5.41, 5.74) is 1.57. The molecule has 0 atom stereocenters. The van der Waals surface area contributed by atoms with Crippen molar-refractivity contribution in [3.63, 3.8) is 0 Å². The third-order valence-corrected chi connectivity index (χ3v) is 3.31. The van der Waals surface area contributed by atoms with Gasteiger partial charge in [-0.2, -0.15) is 11.8 Å². The van der Waals surface area contributed by atoms with Gasteiger partial charge in [0.05, 0.1) is 0 Å². The Morgan fingerprint density at radius 3 is 3.06 bits per heavy atom. The smallest absolute Gasteiger partial charge is 0.251 e. The Hall–Kier alpha value is -1.07. The maximum absolute atomic E-state index is 11.8. The molecule has 0 aliphatic carbocycles. The fraction of sp³-hybridized carbons (Fsp3) is 0.500. The molecule has 0 bridgehead atoms. The van der Waals surface area contributed by atoms with E-state index in [4.69, 9.17) is 5.11 Å². The standard InChI is InChI=1S/C12H18N2O2S/c1-10-9-13-4-3-11(10)12(16)14-5-8-17-7-2-6-15/h3-4,9,15H,2,5-8H2,1H3,(H,14,16). The van der Waals surface area contributed by atoms with E-state index >= 15 is 0 Å². The molecule has 0 aliphatic heterocycles. The highest BCUT2D eigenvalue weighted by Crippen LogP contribution is 2.05. The lowest BCUT2D eigenvalue weighted by Gasteiger charge is -2.06. The zero-order valence-electron chi connectivity index (χ0n) is 9.98. The van der Waals surface area contributed by atoms with Crippen LogP contribution >= 0.6 is 11.8 Å². The molecule has 4 nitrogen and oxygen atoms in total. The van der Waals surface area contributed by atoms with Gasteiger partial charge in [-0.25, -0.2) is 0 Å². The first-order valence-electron chi connectivity index (χ1n) is 5.63. The number of nitrogens with zero attached hydrogens (tertiary/aromatic N) is 1. The predicted molar refractivity (Wildman–Crippen MR) is 70.3 cm³/mol. The van der Waals surface area contributed by atoms with E-state index in [0.717, 1.165) is 23.5 Å². The highest BCUT2D eigenvalue weighted by molar-refractivity contribution is 7.99. The lowest BCUT2D eigenvalue weighted by molar-refractivity contribution is 0.0955. The van der Waals surface area contributed by atoms with E-state index in [-0.39, 0.29) is 12.5 Å². The predicted octanol–water partition coefficient (Wildman–Crippen LogP) is 1.24. The Labute approximate surface area is 106 Å². The summed E-state index contributed by atoms with van der Waals surface area (Å²) >= 11 is 1.73. The molecule has 0 fully saturated rings. The number of rotatable bonds is 7. The molecule has 1 amide bonds. The van der Waals surface area contributed by atoms with Crippen LogP contribution in [0.3, 0.4) is 0 Å². The van der Waals surface area contributed by atoms with Crippen molar-refractivity contribution in [2.75, 3.05) is 24.7 Å². The Bertz CT molecular complexity index is 358. The van der Waals surface area contributed by atoms with Crippen molar-refractivity contribution >= 4 is 17.7 Å². The SMILES string of the molecule is Cc1cnccc1C(=O)NCCSCCCO. The van der Waals surface area contributed by atoms with Gasteiger partial charge < -0.3 is 10.4 Å². The molecular weight excluding hydrogens is 236 g/mol. The zero-order chi connectivity index (χ0) is 12.5. The molecule has 0 spiro atoms. The summed E-state index contributed by atoms with van der Waals surface area (Å²) in [6.45, 7) is 2.75. The molecule has 1 rings (SSSR count). The number of amides is 1. The van der Waals surface area contributed by atoms with E-state index in [9.17, 15) is 4.79 Å². The van der Waals surface area contributed by atoms with Crippen molar-refractivity contribution in [2.24, 2.45) is 0 Å². The van der Waals surface area contributed by atoms with Crippen LogP contribution in [0, 0.1) is 6.92 Å². The summed E-state index contributed by atoms with van der Waals surface area (Å²) in [6, 6.07) is 1.73. The van der Waals surface area contributed by atoms with Crippen LogP contribution in [0.4, 0.5) is 0 Å². The largest absolute Gasteiger partial charge is 0.396 e. The van der Waals surface area contributed by atoms with Crippen molar-refractivity contribution < 1.29 is 9.90 Å². The molecular formula is C12H18N2O2S. The first-order valence-corrected chi connectivity index (χ1v) is 6.78. The number of pyridine rings is 1. The fourth-order valence-electron chi connectivity index (χ4n) is 1.33. The van der Waals surface area contributed by atoms with Gasteiger partial charge in [0.2, 0.25) is 0 Å². The van der Waals surface area contributed by atoms with Gasteiger partial charge in [-0.15, -0.1) is 0 Å². The second-order valence-electron chi connectivity index (χ2n) is 3.64. The van der Waals surface area contributed by atoms with Gasteiger partial charge in [-0.05, 0) is 30.7 Å². The van der Waals surface area contributed by atoms with E-state index in [1.165, 1.54) is 0 Å². The molecule has 0 saturated heterocycles. The lowest BCUT2D eigenvalue weighted by Crippen LogP contribution is -2.26. The minimum absolute atomic E-state index is 0.0485. The van der Waals surface area contributed by atoms with E-state index in [0.29, 0.717) is 12.1 Å². The number of aromatic nitrogens is 1. The second kappa shape index (κ2) is 8.08. The molecule has 0 saturated carbocycles. The third kappa shape index (κ3) is 5.19. The van der Waals surface area contributed by atoms with Crippen molar-refractivity contribution in [2.45, 2.75) is 13.3 Å². The van der Waals surface area contributed by atoms with E-state index in [1.807, 2.05) is 6.92 Å². The third-order valence-electron chi connectivity index (χ3n) is 2.24. The number of aryl methyl sites for hydroxylation is 1. The minimum Gasteiger partial charge on any atom is -0.396 e. The molecule has 17 heavy (non-hydrogen) atoms. The van der Waals surface area contributed by atoms with Crippen molar-refractivity contribution in [3.05, 3.63) is 29.6 Å². The van der Waals surface area contributed by atoms with Gasteiger partial charge in [-0.1, -0.05) is 0 Å². The molecule has 1 aromatic rings. The first kappa shape index (κ1) is 14.0. The lowest BCUT2D eigenvalue weighted by atomic mass is 10.1. The summed E-state index contributed by atoms with van der Waals surface area (Å²) < 4.78 is 0. The van der Waals surface area contributed by atoms with Crippen LogP contribution in [0.2, 0.25) is 0 Å². The van der Waals surface area contributed by atoms with Gasteiger partial charge in [0, 0.05) is 36.9 Å². The maximum Gasteiger partial charge on any atom is 0.251 e. The summed E-state index contributed by atoms with van der Waals surface area (Å²) in [5.74, 6) is 1.75. The number of carbonyl (C=O) groups excluding carboxylic acids is 1. The average Bonchev–Trinajstić information content (AvgIpc) is 2.34. The molecule has 1 heterocycles. The zero-order valence-corrected chi connectivity index (χ0v) is 10.8. The number of hydrogen-bond donors (Lipinski definition) is 2. The van der Waals surface area contributed by atoms with Gasteiger partial charge in [0.15, 0.2) is 0 Å². The number of nitrogens with one attached hydrogen (secondary N) is 1. The Morgan fingerprint density at radius 1 is 1.53 bits per heavy atom. The van der Waals surface area contributed by atoms with Crippen molar-refractivity contribution in [3.8, 4) is 0 Å². The Balaban J connectivity index is 2.24. The van der Waals surface area contributed by atoms with Gasteiger partial charge in [0.1, 0.15) is 0 Å². The minimum atomic E-state index is -0.0485. The van der Waals surface area contributed by atoms with Gasteiger partial charge >= 0.3 is 0 Å². The molecule has 94 valence electrons. The highest BCUT2D eigenvalue weighted by atomic mass is 32.2. The molecule has 0 aromatic carbocycles. The van der Waals surface area contributed by atoms with Crippen LogP contribution in [0.1, 0.15) is 22.3 Å². The average molecular weight is 254 g/mol. The summed E-state index contributed by atoms with van der Waals surface area (Å²) in [4.78, 5) is 15.7. The van der Waals surface area contributed by atoms with E-state index in [2.05, 4.69) is 10.3 Å². The monoisotopic (exact) mass is 254 g/mol. The number of thioether (sulfide) groups is 1. The van der Waals surface area contributed by atoms with Crippen LogP contribution in [-0.2, 0) is 0 Å². The summed E-state index contributed by atoms with van der Waals surface area (Å²) in [5, 5.41) is 11.5. The van der Waals surface area contributed by atoms with Gasteiger partial charge in [0.25, 0.3) is 5.91 Å². The Morgan fingerprint density at radius 2 is 2.35 bits per heavy atom. The maximum atomic E-state index is 11.8. The number of aliphatic hydroxyl groups excluding tert-OH is 1. The fourth-order valence-corrected chi connectivity index (χ4v) is 2.11. The molecule has 1 aromatic heterocycles. The molecule has 2 N–H and O–H groups in total. The second-order valence-corrected chi connectivity index (χ2v) is 4.86. The van der Waals surface area contributed by atoms with Crippen LogP contribution in [0.25, 0.3) is 0 Å². The highest BCUT2D eigenvalue weighted by Gasteiger charge is 2.06. The number of aliphatic hydroxyl groups is 1. The Kier molecular flexibility index (Phi) is 6.65. The summed E-state index contributed by atoms with van der Waals surface area (Å²) in [7, 11) is 0. The van der Waals surface area contributed by atoms with Crippen molar-refractivity contribution in [1.82, 2.24) is 10.3 Å². The molecule has 0 radical (unpaired) electrons. The molecule has 5 heteroatoms. The van der Waals surface area contributed by atoms with Gasteiger partial charge in [-0.3, -0.25) is 9.78 Å². The van der Waals surface area contributed by atoms with Crippen LogP contribution in [0.5, 0.6) is 0 Å². The van der Waals surface area contributed by atoms with Crippen LogP contribution in [0.15, 0.2) is 18.5 Å². The van der Waals surface area contributed by atoms with E-state index < -0.39 is 0 Å². The first-order chi connectivity index (χ1) is 8.25. The quantitative estimate of drug-likeness (QED) is 0.719. The number of hydrogen-bond acceptors (Lipinski definition) is 4. The summed E-state index contributed by atoms with van der Waals surface area (Å²) in [6.07, 6.45) is 4.12. The molecule has 0 unspecified atom stereocenters. The number of carbonyl (C=O) groups is 1. The van der Waals surface area contributed by atoms with Crippen molar-refractivity contribution in [1.29, 1.82) is 0 Å².